The molecule has 1 aliphatic heterocycles. The van der Waals surface area contributed by atoms with Gasteiger partial charge in [-0.05, 0) is 12.8 Å². The molecule has 82 valence electrons. The topological polar surface area (TPSA) is 73.2 Å². The summed E-state index contributed by atoms with van der Waals surface area (Å²) in [7, 11) is -1.36. The minimum Gasteiger partial charge on any atom is -0.680 e. The molecule has 1 heterocycles. The standard InChI is InChI=1S/C5H8O3.C3H10NSi.Cr/c6-5(7)4-2-1-3-8-4;1-5(2,3)4;/h4H,1-3H2,(H,6,7);4H,1-3H3;/q;-1;+2/p-1. The smallest absolute Gasteiger partial charge is 0.680 e. The Morgan fingerprint density at radius 1 is 1.50 bits per heavy atom. The molecule has 0 aromatic rings. The number of rotatable bonds is 1. The Balaban J connectivity index is 0. The third-order valence-electron chi connectivity index (χ3n) is 1.19. The van der Waals surface area contributed by atoms with Crippen LogP contribution in [-0.4, -0.2) is 26.9 Å². The molecule has 0 aliphatic carbocycles. The molecule has 0 radical (unpaired) electrons. The zero-order valence-corrected chi connectivity index (χ0v) is 11.1. The van der Waals surface area contributed by atoms with Gasteiger partial charge in [-0.1, -0.05) is 27.9 Å². The van der Waals surface area contributed by atoms with Crippen LogP contribution in [-0.2, 0) is 26.9 Å². The molecule has 0 bridgehead atoms. The molecule has 6 heteroatoms. The summed E-state index contributed by atoms with van der Waals surface area (Å²) in [5.41, 5.74) is 0. The summed E-state index contributed by atoms with van der Waals surface area (Å²) in [6.45, 7) is 6.55. The number of nitrogens with one attached hydrogen (secondary N) is 1. The molecule has 1 saturated heterocycles. The molecule has 0 saturated carbocycles. The molecule has 0 amide bonds. The summed E-state index contributed by atoms with van der Waals surface area (Å²) in [6.07, 6.45) is 0.830. The number of hydrogen-bond donors (Lipinski definition) is 0. The minimum absolute atomic E-state index is 0. The molecule has 1 atom stereocenters. The van der Waals surface area contributed by atoms with E-state index < -0.39 is 20.3 Å². The van der Waals surface area contributed by atoms with Crippen molar-refractivity contribution in [2.75, 3.05) is 6.61 Å². The van der Waals surface area contributed by atoms with E-state index in [4.69, 9.17) is 10.1 Å². The van der Waals surface area contributed by atoms with Gasteiger partial charge in [0, 0.05) is 6.61 Å². The molecule has 4 nitrogen and oxygen atoms in total. The van der Waals surface area contributed by atoms with Gasteiger partial charge in [0.25, 0.3) is 0 Å². The Bertz CT molecular complexity index is 160. The van der Waals surface area contributed by atoms with E-state index >= 15 is 0 Å². The van der Waals surface area contributed by atoms with Gasteiger partial charge >= 0.3 is 17.4 Å². The van der Waals surface area contributed by atoms with E-state index in [-0.39, 0.29) is 17.4 Å². The van der Waals surface area contributed by atoms with E-state index in [0.29, 0.717) is 13.0 Å². The molecule has 0 aromatic carbocycles. The Morgan fingerprint density at radius 2 is 1.93 bits per heavy atom. The zero-order chi connectivity index (χ0) is 10.5. The number of carboxylic acids is 1. The number of carbonyl (C=O) groups excluding carboxylic acids is 1. The first kappa shape index (κ1) is 16.6. The van der Waals surface area contributed by atoms with Crippen molar-refractivity contribution in [3.63, 3.8) is 0 Å². The maximum Gasteiger partial charge on any atom is 2.00 e. The van der Waals surface area contributed by atoms with Crippen molar-refractivity contribution in [2.24, 2.45) is 0 Å². The van der Waals surface area contributed by atoms with Gasteiger partial charge < -0.3 is 20.0 Å². The molecule has 14 heavy (non-hydrogen) atoms. The van der Waals surface area contributed by atoms with E-state index in [1.165, 1.54) is 0 Å². The quantitative estimate of drug-likeness (QED) is 0.650. The van der Waals surface area contributed by atoms with Crippen molar-refractivity contribution in [3.8, 4) is 0 Å². The van der Waals surface area contributed by atoms with Crippen LogP contribution in [0.15, 0.2) is 0 Å². The number of ether oxygens (including phenoxy) is 1. The molecule has 1 rings (SSSR count). The Labute approximate surface area is 97.0 Å². The zero-order valence-electron chi connectivity index (χ0n) is 8.83. The molecule has 1 fully saturated rings. The fourth-order valence-corrected chi connectivity index (χ4v) is 0.764. The summed E-state index contributed by atoms with van der Waals surface area (Å²) in [5.74, 6) is -1.08. The molecule has 1 N–H and O–H groups in total. The molecule has 0 aromatic heterocycles. The van der Waals surface area contributed by atoms with Crippen molar-refractivity contribution in [1.82, 2.24) is 0 Å². The predicted molar refractivity (Wildman–Crippen MR) is 51.6 cm³/mol. The largest absolute Gasteiger partial charge is 2.00 e. The number of hydrogen-bond acceptors (Lipinski definition) is 3. The van der Waals surface area contributed by atoms with E-state index in [0.717, 1.165) is 6.42 Å². The number of aliphatic carboxylic acids is 1. The van der Waals surface area contributed by atoms with Crippen molar-refractivity contribution in [2.45, 2.75) is 38.6 Å². The normalized spacial score (nSPS) is 20.4. The average Bonchev–Trinajstić information content (AvgIpc) is 2.31. The van der Waals surface area contributed by atoms with Crippen LogP contribution in [0.5, 0.6) is 0 Å². The Hall–Kier alpha value is 0.139. The number of carbonyl (C=O) groups is 1. The Morgan fingerprint density at radius 3 is 2.07 bits per heavy atom. The SMILES string of the molecule is C[Si](C)(C)[NH-].O=C([O-])C1CCCO1.[Cr+2]. The Kier molecular flexibility index (Phi) is 8.80. The first-order valence-corrected chi connectivity index (χ1v) is 7.88. The fourth-order valence-electron chi connectivity index (χ4n) is 0.764. The second kappa shape index (κ2) is 7.43. The van der Waals surface area contributed by atoms with Gasteiger partial charge in [0.2, 0.25) is 0 Å². The average molecular weight is 255 g/mol. The van der Waals surface area contributed by atoms with Crippen molar-refractivity contribution in [3.05, 3.63) is 5.40 Å². The van der Waals surface area contributed by atoms with E-state index in [2.05, 4.69) is 0 Å². The van der Waals surface area contributed by atoms with Gasteiger partial charge in [-0.3, -0.25) is 0 Å². The minimum atomic E-state index is -1.36. The first-order valence-electron chi connectivity index (χ1n) is 4.38. The molecule has 0 spiro atoms. The summed E-state index contributed by atoms with van der Waals surface area (Å²) in [4.78, 5) is 9.97. The summed E-state index contributed by atoms with van der Waals surface area (Å²) >= 11 is 0. The maximum atomic E-state index is 9.97. The van der Waals surface area contributed by atoms with Crippen LogP contribution in [0, 0.1) is 0 Å². The second-order valence-corrected chi connectivity index (χ2v) is 8.57. The predicted octanol–water partition coefficient (Wildman–Crippen LogP) is 0.786. The summed E-state index contributed by atoms with van der Waals surface area (Å²) in [6, 6.07) is 0. The maximum absolute atomic E-state index is 9.97. The second-order valence-electron chi connectivity index (χ2n) is 4.07. The van der Waals surface area contributed by atoms with Crippen molar-refractivity contribution >= 4 is 14.2 Å². The van der Waals surface area contributed by atoms with Gasteiger partial charge in [0.15, 0.2) is 0 Å². The van der Waals surface area contributed by atoms with Crippen molar-refractivity contribution < 1.29 is 32.0 Å². The molecule has 1 unspecified atom stereocenters. The summed E-state index contributed by atoms with van der Waals surface area (Å²) < 4.78 is 4.75. The van der Waals surface area contributed by atoms with Crippen molar-refractivity contribution in [1.29, 1.82) is 0 Å². The molecular weight excluding hydrogens is 238 g/mol. The van der Waals surface area contributed by atoms with Crippen LogP contribution >= 0.6 is 0 Å². The fraction of sp³-hybridized carbons (Fsp3) is 0.875. The van der Waals surface area contributed by atoms with Crippen LogP contribution < -0.4 is 5.11 Å². The summed E-state index contributed by atoms with van der Waals surface area (Å²) in [5, 5.41) is 17.0. The van der Waals surface area contributed by atoms with Crippen LogP contribution in [0.25, 0.3) is 5.40 Å². The molecule has 1 aliphatic rings. The van der Waals surface area contributed by atoms with Gasteiger partial charge in [-0.2, -0.15) is 0 Å². The monoisotopic (exact) mass is 255 g/mol. The molecular formula is C8H17CrNO3Si. The van der Waals surface area contributed by atoms with E-state index in [9.17, 15) is 9.90 Å². The van der Waals surface area contributed by atoms with Gasteiger partial charge in [0.1, 0.15) is 0 Å². The van der Waals surface area contributed by atoms with E-state index in [1.54, 1.807) is 0 Å². The number of carboxylic acid groups (broad SMARTS) is 1. The van der Waals surface area contributed by atoms with Gasteiger partial charge in [-0.25, -0.2) is 0 Å². The third-order valence-corrected chi connectivity index (χ3v) is 1.19. The van der Waals surface area contributed by atoms with Crippen LogP contribution in [0.2, 0.25) is 19.6 Å². The van der Waals surface area contributed by atoms with Gasteiger partial charge in [-0.15, -0.1) is 0 Å². The van der Waals surface area contributed by atoms with Crippen LogP contribution in [0.4, 0.5) is 0 Å². The van der Waals surface area contributed by atoms with E-state index in [1.807, 2.05) is 19.6 Å². The first-order chi connectivity index (χ1) is 5.80. The van der Waals surface area contributed by atoms with Crippen LogP contribution in [0.1, 0.15) is 12.8 Å². The third kappa shape index (κ3) is 12.1. The van der Waals surface area contributed by atoms with Crippen LogP contribution in [0.3, 0.4) is 0 Å². The van der Waals surface area contributed by atoms with Gasteiger partial charge in [0.05, 0.1) is 12.1 Å².